The van der Waals surface area contributed by atoms with Gasteiger partial charge in [0.2, 0.25) is 0 Å². The molecule has 102 valence electrons. The predicted octanol–water partition coefficient (Wildman–Crippen LogP) is 2.97. The molecule has 1 unspecified atom stereocenters. The predicted molar refractivity (Wildman–Crippen MR) is 79.7 cm³/mol. The Balaban J connectivity index is 2.33. The van der Waals surface area contributed by atoms with Crippen LogP contribution in [0.1, 0.15) is 40.7 Å². The molecule has 0 aromatic carbocycles. The van der Waals surface area contributed by atoms with Gasteiger partial charge in [-0.05, 0) is 18.6 Å². The van der Waals surface area contributed by atoms with Gasteiger partial charge in [-0.25, -0.2) is 0 Å². The number of anilines is 2. The monoisotopic (exact) mass is 286 g/mol. The second-order valence-electron chi connectivity index (χ2n) is 4.37. The number of nitrogens with two attached hydrogens (primary N) is 1. The number of carbonyl (C=O) groups is 1. The van der Waals surface area contributed by atoms with Crippen LogP contribution in [0.4, 0.5) is 10.7 Å². The van der Waals surface area contributed by atoms with Crippen molar-refractivity contribution >= 4 is 27.8 Å². The lowest BCUT2D eigenvalue weighted by Gasteiger charge is -2.13. The summed E-state index contributed by atoms with van der Waals surface area (Å²) in [6, 6.07) is 5.81. The number of nitrogens with one attached hydrogen (secondary N) is 1. The van der Waals surface area contributed by atoms with Crippen molar-refractivity contribution in [3.05, 3.63) is 40.5 Å². The number of pyridine rings is 1. The van der Waals surface area contributed by atoms with Gasteiger partial charge in [-0.3, -0.25) is 9.78 Å². The molecule has 0 saturated carbocycles. The minimum absolute atomic E-state index is 0.0336. The molecule has 0 bridgehead atoms. The fourth-order valence-corrected chi connectivity index (χ4v) is 2.88. The first-order valence-electron chi connectivity index (χ1n) is 6.04. The Morgan fingerprint density at radius 2 is 2.35 bits per heavy atom. The summed E-state index contributed by atoms with van der Waals surface area (Å²) in [5, 5.41) is 13.0. The van der Waals surface area contributed by atoms with E-state index >= 15 is 0 Å². The largest absolute Gasteiger partial charge is 0.396 e. The highest BCUT2D eigenvalue weighted by Gasteiger charge is 2.20. The molecule has 0 saturated heterocycles. The number of nitrogens with zero attached hydrogens (tertiary/aromatic N) is 2. The molecule has 5 nitrogen and oxygen atoms in total. The van der Waals surface area contributed by atoms with E-state index in [2.05, 4.69) is 16.4 Å². The quantitative estimate of drug-likeness (QED) is 0.843. The van der Waals surface area contributed by atoms with E-state index in [1.807, 2.05) is 19.1 Å². The summed E-state index contributed by atoms with van der Waals surface area (Å²) in [4.78, 5) is 16.0. The van der Waals surface area contributed by atoms with Gasteiger partial charge in [0, 0.05) is 19.3 Å². The molecule has 0 fully saturated rings. The Kier molecular flexibility index (Phi) is 4.01. The Labute approximate surface area is 121 Å². The number of hydrogen-bond acceptors (Lipinski definition) is 6. The molecule has 0 aliphatic carbocycles. The van der Waals surface area contributed by atoms with Crippen LogP contribution in [0.15, 0.2) is 24.5 Å². The normalized spacial score (nSPS) is 11.7. The number of Topliss-reactive ketones (excluding diaryl/α,β-unsaturated/α-hetero) is 1. The van der Waals surface area contributed by atoms with Crippen LogP contribution in [0.2, 0.25) is 0 Å². The summed E-state index contributed by atoms with van der Waals surface area (Å²) in [6.45, 7) is 3.40. The van der Waals surface area contributed by atoms with Gasteiger partial charge in [-0.1, -0.05) is 6.07 Å². The first kappa shape index (κ1) is 14.0. The Morgan fingerprint density at radius 1 is 1.60 bits per heavy atom. The van der Waals surface area contributed by atoms with Crippen molar-refractivity contribution in [2.24, 2.45) is 0 Å². The lowest BCUT2D eigenvalue weighted by atomic mass is 10.1. The molecule has 2 aromatic heterocycles. The molecule has 20 heavy (non-hydrogen) atoms. The van der Waals surface area contributed by atoms with Crippen molar-refractivity contribution < 1.29 is 4.79 Å². The smallest absolute Gasteiger partial charge is 0.171 e. The molecule has 6 heteroatoms. The van der Waals surface area contributed by atoms with Crippen LogP contribution in [-0.2, 0) is 0 Å². The first-order chi connectivity index (χ1) is 9.54. The maximum Gasteiger partial charge on any atom is 0.171 e. The van der Waals surface area contributed by atoms with Gasteiger partial charge in [0.1, 0.15) is 16.6 Å². The van der Waals surface area contributed by atoms with Gasteiger partial charge in [-0.15, -0.1) is 11.3 Å². The molecule has 2 aromatic rings. The van der Waals surface area contributed by atoms with Crippen LogP contribution in [0.5, 0.6) is 0 Å². The van der Waals surface area contributed by atoms with Gasteiger partial charge in [0.05, 0.1) is 16.6 Å². The highest BCUT2D eigenvalue weighted by atomic mass is 32.1. The second kappa shape index (κ2) is 5.72. The van der Waals surface area contributed by atoms with E-state index in [0.717, 1.165) is 5.56 Å². The zero-order valence-electron chi connectivity index (χ0n) is 11.2. The number of nitriles is 1. The van der Waals surface area contributed by atoms with Crippen molar-refractivity contribution in [3.63, 3.8) is 0 Å². The van der Waals surface area contributed by atoms with Crippen molar-refractivity contribution in [1.82, 2.24) is 4.98 Å². The molecule has 0 radical (unpaired) electrons. The topological polar surface area (TPSA) is 91.8 Å². The van der Waals surface area contributed by atoms with Crippen LogP contribution in [-0.4, -0.2) is 10.8 Å². The Morgan fingerprint density at radius 3 is 2.90 bits per heavy atom. The number of ketones is 1. The maximum absolute atomic E-state index is 11.5. The van der Waals surface area contributed by atoms with Crippen molar-refractivity contribution in [2.75, 3.05) is 11.1 Å². The standard InChI is InChI=1S/C14H14N4OS/c1-8(10-4-3-5-17-7-10)18-14-11(6-15)12(16)13(20-14)9(2)19/h3-5,7-8,18H,16H2,1-2H3. The van der Waals surface area contributed by atoms with Crippen molar-refractivity contribution in [2.45, 2.75) is 19.9 Å². The Hall–Kier alpha value is -2.39. The number of thiophene rings is 1. The zero-order chi connectivity index (χ0) is 14.7. The molecular formula is C14H14N4OS. The van der Waals surface area contributed by atoms with E-state index in [1.165, 1.54) is 18.3 Å². The lowest BCUT2D eigenvalue weighted by Crippen LogP contribution is -2.06. The number of nitrogen functional groups attached to an aromatic ring is 1. The lowest BCUT2D eigenvalue weighted by molar-refractivity contribution is 0.102. The third kappa shape index (κ3) is 2.63. The van der Waals surface area contributed by atoms with E-state index in [0.29, 0.717) is 15.4 Å². The molecule has 2 rings (SSSR count). The van der Waals surface area contributed by atoms with Crippen LogP contribution < -0.4 is 11.1 Å². The van der Waals surface area contributed by atoms with Crippen molar-refractivity contribution in [3.8, 4) is 6.07 Å². The SMILES string of the molecule is CC(=O)c1sc(NC(C)c2cccnc2)c(C#N)c1N. The minimum atomic E-state index is -0.133. The van der Waals surface area contributed by atoms with E-state index in [1.54, 1.807) is 12.4 Å². The van der Waals surface area contributed by atoms with Gasteiger partial charge < -0.3 is 11.1 Å². The maximum atomic E-state index is 11.5. The van der Waals surface area contributed by atoms with Crippen LogP contribution >= 0.6 is 11.3 Å². The average Bonchev–Trinajstić information content (AvgIpc) is 2.76. The number of rotatable bonds is 4. The molecule has 3 N–H and O–H groups in total. The fourth-order valence-electron chi connectivity index (χ4n) is 1.83. The summed E-state index contributed by atoms with van der Waals surface area (Å²) >= 11 is 1.21. The van der Waals surface area contributed by atoms with E-state index in [9.17, 15) is 10.1 Å². The fraction of sp³-hybridized carbons (Fsp3) is 0.214. The van der Waals surface area contributed by atoms with Gasteiger partial charge >= 0.3 is 0 Å². The zero-order valence-corrected chi connectivity index (χ0v) is 12.0. The number of aromatic nitrogens is 1. The first-order valence-corrected chi connectivity index (χ1v) is 6.86. The highest BCUT2D eigenvalue weighted by molar-refractivity contribution is 7.19. The van der Waals surface area contributed by atoms with Crippen LogP contribution in [0.3, 0.4) is 0 Å². The highest BCUT2D eigenvalue weighted by Crippen LogP contribution is 2.37. The molecule has 0 amide bonds. The van der Waals surface area contributed by atoms with Gasteiger partial charge in [0.15, 0.2) is 5.78 Å². The van der Waals surface area contributed by atoms with Crippen molar-refractivity contribution in [1.29, 1.82) is 5.26 Å². The summed E-state index contributed by atoms with van der Waals surface area (Å²) in [6.07, 6.45) is 3.46. The third-order valence-electron chi connectivity index (χ3n) is 2.91. The minimum Gasteiger partial charge on any atom is -0.396 e. The Bertz CT molecular complexity index is 672. The van der Waals surface area contributed by atoms with Crippen LogP contribution in [0.25, 0.3) is 0 Å². The molecule has 0 spiro atoms. The molecule has 2 heterocycles. The van der Waals surface area contributed by atoms with E-state index in [4.69, 9.17) is 5.73 Å². The summed E-state index contributed by atoms with van der Waals surface area (Å²) in [5.74, 6) is -0.133. The van der Waals surface area contributed by atoms with E-state index in [-0.39, 0.29) is 17.5 Å². The number of carbonyl (C=O) groups excluding carboxylic acids is 1. The molecule has 0 aliphatic heterocycles. The third-order valence-corrected chi connectivity index (χ3v) is 4.15. The summed E-state index contributed by atoms with van der Waals surface area (Å²) in [7, 11) is 0. The van der Waals surface area contributed by atoms with Gasteiger partial charge in [0.25, 0.3) is 0 Å². The number of hydrogen-bond donors (Lipinski definition) is 2. The molecule has 1 atom stereocenters. The average molecular weight is 286 g/mol. The second-order valence-corrected chi connectivity index (χ2v) is 5.39. The van der Waals surface area contributed by atoms with E-state index < -0.39 is 0 Å². The summed E-state index contributed by atoms with van der Waals surface area (Å²) < 4.78 is 0. The van der Waals surface area contributed by atoms with Gasteiger partial charge in [-0.2, -0.15) is 5.26 Å². The molecular weight excluding hydrogens is 272 g/mol. The van der Waals surface area contributed by atoms with Crippen LogP contribution in [0, 0.1) is 11.3 Å². The summed E-state index contributed by atoms with van der Waals surface area (Å²) in [5.41, 5.74) is 7.42. The molecule has 0 aliphatic rings.